The Morgan fingerprint density at radius 3 is 2.54 bits per heavy atom. The lowest BCUT2D eigenvalue weighted by molar-refractivity contribution is -0.127. The summed E-state index contributed by atoms with van der Waals surface area (Å²) in [5.74, 6) is 0.541. The monoisotopic (exact) mass is 376 g/mol. The van der Waals surface area contributed by atoms with E-state index < -0.39 is 16.1 Å². The van der Waals surface area contributed by atoms with Crippen molar-refractivity contribution >= 4 is 21.6 Å². The van der Waals surface area contributed by atoms with Gasteiger partial charge in [0.05, 0.1) is 24.2 Å². The number of hydrogen-bond donors (Lipinski definition) is 1. The molecule has 138 valence electrons. The van der Waals surface area contributed by atoms with Gasteiger partial charge >= 0.3 is 0 Å². The quantitative estimate of drug-likeness (QED) is 0.878. The number of methoxy groups -OCH3 is 1. The maximum absolute atomic E-state index is 13.2. The number of likely N-dealkylation sites (N-methyl/N-ethyl adjacent to an activating group) is 1. The minimum absolute atomic E-state index is 0.107. The molecule has 1 aliphatic rings. The van der Waals surface area contributed by atoms with Crippen LogP contribution in [-0.4, -0.2) is 41.1 Å². The van der Waals surface area contributed by atoms with E-state index in [0.717, 1.165) is 5.56 Å². The average Bonchev–Trinajstić information content (AvgIpc) is 2.66. The van der Waals surface area contributed by atoms with Crippen molar-refractivity contribution in [2.24, 2.45) is 0 Å². The molecule has 7 nitrogen and oxygen atoms in total. The third kappa shape index (κ3) is 3.20. The standard InChI is InChI=1S/C18H20N2O5S/c1-12-4-9-15-16(10-12)25-17(18(21)19-2)11-20(15)26(22,23)14-7-5-13(24-3)6-8-14/h4-10,17H,11H2,1-3H3,(H,19,21)/t17-/m1/s1. The van der Waals surface area contributed by atoms with Crippen LogP contribution in [0.2, 0.25) is 0 Å². The van der Waals surface area contributed by atoms with Crippen LogP contribution >= 0.6 is 0 Å². The van der Waals surface area contributed by atoms with Crippen LogP contribution in [0.3, 0.4) is 0 Å². The Kier molecular flexibility index (Phi) is 4.78. The van der Waals surface area contributed by atoms with Crippen molar-refractivity contribution in [2.45, 2.75) is 17.9 Å². The molecule has 0 spiro atoms. The molecule has 1 N–H and O–H groups in total. The minimum atomic E-state index is -3.87. The van der Waals surface area contributed by atoms with E-state index in [0.29, 0.717) is 17.2 Å². The number of carbonyl (C=O) groups is 1. The van der Waals surface area contributed by atoms with Crippen LogP contribution in [0.5, 0.6) is 11.5 Å². The van der Waals surface area contributed by atoms with E-state index in [9.17, 15) is 13.2 Å². The van der Waals surface area contributed by atoms with Crippen LogP contribution in [0.4, 0.5) is 5.69 Å². The highest BCUT2D eigenvalue weighted by Gasteiger charge is 2.37. The molecule has 2 aromatic carbocycles. The summed E-state index contributed by atoms with van der Waals surface area (Å²) in [5, 5.41) is 2.50. The van der Waals surface area contributed by atoms with Crippen molar-refractivity contribution in [3.8, 4) is 11.5 Å². The third-order valence-corrected chi connectivity index (χ3v) is 5.97. The van der Waals surface area contributed by atoms with Gasteiger partial charge in [0.2, 0.25) is 0 Å². The van der Waals surface area contributed by atoms with Gasteiger partial charge in [-0.1, -0.05) is 6.07 Å². The van der Waals surface area contributed by atoms with Crippen molar-refractivity contribution in [1.29, 1.82) is 0 Å². The van der Waals surface area contributed by atoms with Crippen molar-refractivity contribution < 1.29 is 22.7 Å². The molecule has 1 atom stereocenters. The van der Waals surface area contributed by atoms with Crippen molar-refractivity contribution in [2.75, 3.05) is 25.0 Å². The molecule has 0 saturated heterocycles. The Bertz CT molecular complexity index is 925. The molecular formula is C18H20N2O5S. The van der Waals surface area contributed by atoms with Crippen molar-refractivity contribution in [1.82, 2.24) is 5.32 Å². The fourth-order valence-electron chi connectivity index (χ4n) is 2.76. The van der Waals surface area contributed by atoms with Crippen LogP contribution in [-0.2, 0) is 14.8 Å². The highest BCUT2D eigenvalue weighted by Crippen LogP contribution is 2.37. The van der Waals surface area contributed by atoms with Gasteiger partial charge in [0.15, 0.2) is 6.10 Å². The van der Waals surface area contributed by atoms with Crippen molar-refractivity contribution in [3.63, 3.8) is 0 Å². The number of nitrogens with zero attached hydrogens (tertiary/aromatic N) is 1. The SMILES string of the molecule is CNC(=O)[C@H]1CN(S(=O)(=O)c2ccc(OC)cc2)c2ccc(C)cc2O1. The summed E-state index contributed by atoms with van der Waals surface area (Å²) in [6.45, 7) is 1.76. The van der Waals surface area contributed by atoms with E-state index in [-0.39, 0.29) is 17.3 Å². The van der Waals surface area contributed by atoms with Gasteiger partial charge in [-0.25, -0.2) is 8.42 Å². The van der Waals surface area contributed by atoms with E-state index in [1.807, 2.05) is 6.92 Å². The average molecular weight is 376 g/mol. The van der Waals surface area contributed by atoms with Gasteiger partial charge in [-0.2, -0.15) is 0 Å². The molecule has 26 heavy (non-hydrogen) atoms. The number of benzene rings is 2. The highest BCUT2D eigenvalue weighted by molar-refractivity contribution is 7.92. The number of fused-ring (bicyclic) bond motifs is 1. The molecule has 1 aliphatic heterocycles. The normalized spacial score (nSPS) is 16.4. The van der Waals surface area contributed by atoms with Gasteiger partial charge in [0.25, 0.3) is 15.9 Å². The Morgan fingerprint density at radius 1 is 1.23 bits per heavy atom. The molecule has 3 rings (SSSR count). The van der Waals surface area contributed by atoms with Crippen molar-refractivity contribution in [3.05, 3.63) is 48.0 Å². The first-order valence-electron chi connectivity index (χ1n) is 8.02. The fraction of sp³-hybridized carbons (Fsp3) is 0.278. The smallest absolute Gasteiger partial charge is 0.264 e. The minimum Gasteiger partial charge on any atom is -0.497 e. The van der Waals surface area contributed by atoms with E-state index in [2.05, 4.69) is 5.32 Å². The third-order valence-electron chi connectivity index (χ3n) is 4.17. The molecule has 0 bridgehead atoms. The molecular weight excluding hydrogens is 356 g/mol. The predicted molar refractivity (Wildman–Crippen MR) is 97.2 cm³/mol. The largest absolute Gasteiger partial charge is 0.497 e. The van der Waals surface area contributed by atoms with E-state index in [4.69, 9.17) is 9.47 Å². The molecule has 1 amide bonds. The zero-order chi connectivity index (χ0) is 18.9. The van der Waals surface area contributed by atoms with E-state index in [1.54, 1.807) is 30.3 Å². The zero-order valence-electron chi connectivity index (χ0n) is 14.7. The number of amides is 1. The number of hydrogen-bond acceptors (Lipinski definition) is 5. The first-order chi connectivity index (χ1) is 12.4. The van der Waals surface area contributed by atoms with Crippen LogP contribution in [0.15, 0.2) is 47.4 Å². The summed E-state index contributed by atoms with van der Waals surface area (Å²) in [6, 6.07) is 11.3. The second kappa shape index (κ2) is 6.87. The van der Waals surface area contributed by atoms with E-state index in [1.165, 1.54) is 30.6 Å². The molecule has 8 heteroatoms. The van der Waals surface area contributed by atoms with Crippen LogP contribution in [0.25, 0.3) is 0 Å². The summed E-state index contributed by atoms with van der Waals surface area (Å²) < 4.78 is 38.4. The summed E-state index contributed by atoms with van der Waals surface area (Å²) in [5.41, 5.74) is 1.31. The van der Waals surface area contributed by atoms with Crippen LogP contribution in [0.1, 0.15) is 5.56 Å². The lowest BCUT2D eigenvalue weighted by Crippen LogP contribution is -2.50. The number of ether oxygens (including phenoxy) is 2. The van der Waals surface area contributed by atoms with Gasteiger partial charge in [-0.15, -0.1) is 0 Å². The molecule has 0 aromatic heterocycles. The van der Waals surface area contributed by atoms with Gasteiger partial charge in [0, 0.05) is 7.05 Å². The van der Waals surface area contributed by atoms with Crippen LogP contribution in [0, 0.1) is 6.92 Å². The summed E-state index contributed by atoms with van der Waals surface area (Å²) in [6.07, 6.45) is -0.928. The first kappa shape index (κ1) is 18.1. The Hall–Kier alpha value is -2.74. The second-order valence-electron chi connectivity index (χ2n) is 5.90. The summed E-state index contributed by atoms with van der Waals surface area (Å²) in [4.78, 5) is 12.2. The number of nitrogens with one attached hydrogen (secondary N) is 1. The number of anilines is 1. The second-order valence-corrected chi connectivity index (χ2v) is 7.77. The molecule has 0 unspecified atom stereocenters. The van der Waals surface area contributed by atoms with Gasteiger partial charge in [-0.05, 0) is 48.9 Å². The Labute approximate surface area is 152 Å². The maximum Gasteiger partial charge on any atom is 0.264 e. The maximum atomic E-state index is 13.2. The molecule has 0 saturated carbocycles. The fourth-order valence-corrected chi connectivity index (χ4v) is 4.24. The molecule has 0 radical (unpaired) electrons. The lowest BCUT2D eigenvalue weighted by Gasteiger charge is -2.34. The number of aryl methyl sites for hydroxylation is 1. The highest BCUT2D eigenvalue weighted by atomic mass is 32.2. The summed E-state index contributed by atoms with van der Waals surface area (Å²) in [7, 11) is -0.872. The number of sulfonamides is 1. The molecule has 0 aliphatic carbocycles. The van der Waals surface area contributed by atoms with Gasteiger partial charge in [0.1, 0.15) is 11.5 Å². The molecule has 0 fully saturated rings. The molecule has 2 aromatic rings. The van der Waals surface area contributed by atoms with E-state index >= 15 is 0 Å². The summed E-state index contributed by atoms with van der Waals surface area (Å²) >= 11 is 0. The molecule has 1 heterocycles. The van der Waals surface area contributed by atoms with Crippen LogP contribution < -0.4 is 19.1 Å². The topological polar surface area (TPSA) is 84.9 Å². The van der Waals surface area contributed by atoms with Gasteiger partial charge in [-0.3, -0.25) is 9.10 Å². The lowest BCUT2D eigenvalue weighted by atomic mass is 10.1. The Morgan fingerprint density at radius 2 is 1.92 bits per heavy atom. The van der Waals surface area contributed by atoms with Gasteiger partial charge < -0.3 is 14.8 Å². The number of rotatable bonds is 4. The predicted octanol–water partition coefficient (Wildman–Crippen LogP) is 1.71. The first-order valence-corrected chi connectivity index (χ1v) is 9.46. The zero-order valence-corrected chi connectivity index (χ0v) is 15.5. The Balaban J connectivity index is 2.07. The number of carbonyl (C=O) groups excluding carboxylic acids is 1.